The molecule has 0 spiro atoms. The van der Waals surface area contributed by atoms with Crippen LogP contribution in [0.2, 0.25) is 0 Å². The number of carbonyl (C=O) groups excluding carboxylic acids is 3. The molecule has 0 bridgehead atoms. The highest BCUT2D eigenvalue weighted by molar-refractivity contribution is 7.90. The number of hydrogen-bond acceptors (Lipinski definition) is 8. The number of aromatic nitrogens is 1. The third-order valence-corrected chi connectivity index (χ3v) is 11.9. The largest absolute Gasteiger partial charge is 0.495 e. The number of fused-ring (bicyclic) bond motifs is 1. The van der Waals surface area contributed by atoms with Crippen LogP contribution in [0.15, 0.2) is 96.0 Å². The predicted octanol–water partition coefficient (Wildman–Crippen LogP) is 6.75. The molecule has 0 radical (unpaired) electrons. The lowest BCUT2D eigenvalue weighted by Gasteiger charge is -2.32. The molecule has 6 rings (SSSR count). The molecule has 0 atom stereocenters. The summed E-state index contributed by atoms with van der Waals surface area (Å²) in [4.78, 5) is 45.9. The first kappa shape index (κ1) is 40.0. The van der Waals surface area contributed by atoms with Crippen LogP contribution in [0.5, 0.6) is 11.5 Å². The molecule has 0 saturated carbocycles. The molecule has 4 aromatic carbocycles. The van der Waals surface area contributed by atoms with Crippen molar-refractivity contribution in [1.29, 1.82) is 0 Å². The number of benzene rings is 4. The summed E-state index contributed by atoms with van der Waals surface area (Å²) in [7, 11) is 1.30. The summed E-state index contributed by atoms with van der Waals surface area (Å²) in [6, 6.07) is 23.6. The number of piperazine rings is 1. The van der Waals surface area contributed by atoms with Crippen molar-refractivity contribution in [3.8, 4) is 11.5 Å². The van der Waals surface area contributed by atoms with Crippen molar-refractivity contribution in [3.63, 3.8) is 0 Å². The molecule has 0 aliphatic carbocycles. The van der Waals surface area contributed by atoms with Crippen molar-refractivity contribution in [3.05, 3.63) is 113 Å². The second-order valence-electron chi connectivity index (χ2n) is 14.2. The van der Waals surface area contributed by atoms with Crippen LogP contribution in [0.4, 0.5) is 11.4 Å². The SMILES string of the molecule is COc1cc(C(=O)N(C)c2ccc(C)cc2OCCCCCC(=O)N2CCN(C)CC2)ccc1NC(=O)c1cccc2c1ccn2S(=O)(=O)c1ccc(C)cc1. The lowest BCUT2D eigenvalue weighted by Crippen LogP contribution is -2.47. The van der Waals surface area contributed by atoms with Crippen LogP contribution >= 0.6 is 0 Å². The first-order chi connectivity index (χ1) is 26.9. The van der Waals surface area contributed by atoms with Crippen molar-refractivity contribution < 1.29 is 32.3 Å². The fourth-order valence-corrected chi connectivity index (χ4v) is 8.11. The Morgan fingerprint density at radius 3 is 2.29 bits per heavy atom. The van der Waals surface area contributed by atoms with Crippen molar-refractivity contribution >= 4 is 50.0 Å². The number of carbonyl (C=O) groups is 3. The van der Waals surface area contributed by atoms with Gasteiger partial charge in [0.15, 0.2) is 0 Å². The number of anilines is 2. The van der Waals surface area contributed by atoms with E-state index in [0.29, 0.717) is 46.6 Å². The third kappa shape index (κ3) is 8.90. The third-order valence-electron chi connectivity index (χ3n) is 10.1. The summed E-state index contributed by atoms with van der Waals surface area (Å²) in [5.74, 6) is 0.289. The lowest BCUT2D eigenvalue weighted by atomic mass is 10.1. The molecule has 5 aromatic rings. The molecule has 1 saturated heterocycles. The zero-order valence-corrected chi connectivity index (χ0v) is 33.4. The molecule has 1 N–H and O–H groups in total. The van der Waals surface area contributed by atoms with Crippen LogP contribution in [0.3, 0.4) is 0 Å². The van der Waals surface area contributed by atoms with E-state index in [0.717, 1.165) is 56.6 Å². The molecule has 1 aliphatic rings. The Labute approximate surface area is 328 Å². The van der Waals surface area contributed by atoms with Crippen LogP contribution in [0.25, 0.3) is 10.9 Å². The van der Waals surface area contributed by atoms with Gasteiger partial charge in [0, 0.05) is 62.4 Å². The Bertz CT molecular complexity index is 2330. The van der Waals surface area contributed by atoms with Gasteiger partial charge in [0.2, 0.25) is 5.91 Å². The minimum absolute atomic E-state index is 0.143. The molecule has 2 heterocycles. The van der Waals surface area contributed by atoms with Crippen molar-refractivity contribution in [2.75, 3.05) is 64.2 Å². The van der Waals surface area contributed by atoms with E-state index >= 15 is 0 Å². The van der Waals surface area contributed by atoms with Gasteiger partial charge in [-0.3, -0.25) is 14.4 Å². The Hall–Kier alpha value is -5.66. The lowest BCUT2D eigenvalue weighted by molar-refractivity contribution is -0.132. The van der Waals surface area contributed by atoms with Gasteiger partial charge in [-0.2, -0.15) is 0 Å². The predicted molar refractivity (Wildman–Crippen MR) is 219 cm³/mol. The number of nitrogens with zero attached hydrogens (tertiary/aromatic N) is 4. The van der Waals surface area contributed by atoms with Gasteiger partial charge in [0.25, 0.3) is 21.8 Å². The summed E-state index contributed by atoms with van der Waals surface area (Å²) in [6.07, 6.45) is 4.41. The van der Waals surface area contributed by atoms with Crippen LogP contribution < -0.4 is 19.7 Å². The zero-order valence-electron chi connectivity index (χ0n) is 32.6. The minimum atomic E-state index is -3.90. The Morgan fingerprint density at radius 2 is 1.55 bits per heavy atom. The number of methoxy groups -OCH3 is 1. The minimum Gasteiger partial charge on any atom is -0.495 e. The first-order valence-electron chi connectivity index (χ1n) is 18.8. The Morgan fingerprint density at radius 1 is 0.821 bits per heavy atom. The molecule has 1 fully saturated rings. The second-order valence-corrected chi connectivity index (χ2v) is 16.0. The van der Waals surface area contributed by atoms with E-state index in [9.17, 15) is 22.8 Å². The average molecular weight is 780 g/mol. The molecular formula is C43H49N5O7S. The fraction of sp³-hybridized carbons (Fsp3) is 0.326. The smallest absolute Gasteiger partial charge is 0.268 e. The van der Waals surface area contributed by atoms with E-state index in [1.54, 1.807) is 73.8 Å². The highest BCUT2D eigenvalue weighted by Crippen LogP contribution is 2.33. The van der Waals surface area contributed by atoms with E-state index in [1.165, 1.54) is 22.2 Å². The van der Waals surface area contributed by atoms with Gasteiger partial charge in [-0.25, -0.2) is 12.4 Å². The maximum atomic E-state index is 13.8. The average Bonchev–Trinajstić information content (AvgIpc) is 3.65. The molecule has 0 unspecified atom stereocenters. The van der Waals surface area contributed by atoms with Crippen molar-refractivity contribution in [2.45, 2.75) is 44.4 Å². The molecule has 56 heavy (non-hydrogen) atoms. The van der Waals surface area contributed by atoms with Gasteiger partial charge in [-0.1, -0.05) is 29.8 Å². The van der Waals surface area contributed by atoms with E-state index in [4.69, 9.17) is 9.47 Å². The van der Waals surface area contributed by atoms with Gasteiger partial charge in [0.05, 0.1) is 35.5 Å². The monoisotopic (exact) mass is 779 g/mol. The standard InChI is InChI=1S/C43H49N5O7S/c1-30-13-17-33(18-14-30)56(52,53)48-22-21-34-35(10-9-11-37(34)48)42(50)44-36-19-16-32(29-39(36)54-5)43(51)46(4)38-20-15-31(2)28-40(38)55-27-8-6-7-12-41(49)47-25-23-45(3)24-26-47/h9-11,13-22,28-29H,6-8,12,23-27H2,1-5H3,(H,44,50). The van der Waals surface area contributed by atoms with Gasteiger partial charge in [0.1, 0.15) is 11.5 Å². The van der Waals surface area contributed by atoms with Gasteiger partial charge in [-0.05, 0) is 106 Å². The van der Waals surface area contributed by atoms with Gasteiger partial charge >= 0.3 is 0 Å². The number of aryl methyl sites for hydroxylation is 2. The number of nitrogens with one attached hydrogen (secondary N) is 1. The number of ether oxygens (including phenoxy) is 2. The van der Waals surface area contributed by atoms with E-state index in [2.05, 4.69) is 17.3 Å². The van der Waals surface area contributed by atoms with E-state index in [1.807, 2.05) is 36.9 Å². The molecule has 1 aliphatic heterocycles. The highest BCUT2D eigenvalue weighted by atomic mass is 32.2. The highest BCUT2D eigenvalue weighted by Gasteiger charge is 2.24. The topological polar surface area (TPSA) is 130 Å². The quantitative estimate of drug-likeness (QED) is 0.123. The van der Waals surface area contributed by atoms with Crippen molar-refractivity contribution in [1.82, 2.24) is 13.8 Å². The van der Waals surface area contributed by atoms with E-state index in [-0.39, 0.29) is 28.0 Å². The molecular weight excluding hydrogens is 731 g/mol. The van der Waals surface area contributed by atoms with Crippen LogP contribution in [-0.2, 0) is 14.8 Å². The molecule has 13 heteroatoms. The van der Waals surface area contributed by atoms with Crippen LogP contribution in [-0.4, -0.2) is 93.9 Å². The van der Waals surface area contributed by atoms with Gasteiger partial charge in [-0.15, -0.1) is 0 Å². The molecule has 3 amide bonds. The Balaban J connectivity index is 1.10. The number of unbranched alkanes of at least 4 members (excludes halogenated alkanes) is 2. The summed E-state index contributed by atoms with van der Waals surface area (Å²) in [6.45, 7) is 7.69. The molecule has 1 aromatic heterocycles. The maximum absolute atomic E-state index is 13.8. The van der Waals surface area contributed by atoms with Crippen LogP contribution in [0, 0.1) is 13.8 Å². The molecule has 294 valence electrons. The first-order valence-corrected chi connectivity index (χ1v) is 20.2. The Kier molecular flexibility index (Phi) is 12.5. The number of likely N-dealkylation sites (N-methyl/N-ethyl adjacent to an activating group) is 1. The summed E-state index contributed by atoms with van der Waals surface area (Å²) in [5, 5.41) is 3.33. The second kappa shape index (κ2) is 17.4. The number of hydrogen-bond donors (Lipinski definition) is 1. The number of rotatable bonds is 14. The molecule has 12 nitrogen and oxygen atoms in total. The van der Waals surface area contributed by atoms with Gasteiger partial charge < -0.3 is 29.5 Å². The maximum Gasteiger partial charge on any atom is 0.268 e. The van der Waals surface area contributed by atoms with Crippen molar-refractivity contribution in [2.24, 2.45) is 0 Å². The van der Waals surface area contributed by atoms with E-state index < -0.39 is 15.9 Å². The summed E-state index contributed by atoms with van der Waals surface area (Å²) < 4.78 is 39.9. The summed E-state index contributed by atoms with van der Waals surface area (Å²) >= 11 is 0. The zero-order chi connectivity index (χ0) is 40.0. The summed E-state index contributed by atoms with van der Waals surface area (Å²) in [5.41, 5.74) is 3.84. The van der Waals surface area contributed by atoms with Crippen LogP contribution in [0.1, 0.15) is 57.5 Å². The number of amides is 3. The fourth-order valence-electron chi connectivity index (χ4n) is 6.76. The normalized spacial score (nSPS) is 13.4.